The van der Waals surface area contributed by atoms with E-state index in [9.17, 15) is 22.4 Å². The number of amidine groups is 1. The lowest BCUT2D eigenvalue weighted by molar-refractivity contribution is -0.274. The van der Waals surface area contributed by atoms with Gasteiger partial charge in [0, 0.05) is 29.6 Å². The molecule has 1 atom stereocenters. The van der Waals surface area contributed by atoms with Gasteiger partial charge in [-0.05, 0) is 72.9 Å². The summed E-state index contributed by atoms with van der Waals surface area (Å²) in [6.45, 7) is 6.59. The molecule has 44 heavy (non-hydrogen) atoms. The van der Waals surface area contributed by atoms with Crippen molar-refractivity contribution < 1.29 is 27.1 Å². The lowest BCUT2D eigenvalue weighted by Gasteiger charge is -2.23. The Hall–Kier alpha value is -4.39. The van der Waals surface area contributed by atoms with Crippen LogP contribution in [0.15, 0.2) is 78.0 Å². The number of thioether (sulfide) groups is 1. The molecule has 1 unspecified atom stereocenters. The maximum absolute atomic E-state index is 13.9. The van der Waals surface area contributed by atoms with Gasteiger partial charge in [-0.3, -0.25) is 0 Å². The number of amides is 2. The quantitative estimate of drug-likeness (QED) is 0.206. The Balaban J connectivity index is 1.18. The number of carbonyl (C=O) groups is 1. The predicted molar refractivity (Wildman–Crippen MR) is 163 cm³/mol. The van der Waals surface area contributed by atoms with Gasteiger partial charge in [-0.25, -0.2) is 18.9 Å². The molecular weight excluding hydrogens is 596 g/mol. The number of carbonyl (C=O) groups excluding carboxylic acids is 1. The Morgan fingerprint density at radius 1 is 1.07 bits per heavy atom. The number of alkyl halides is 3. The van der Waals surface area contributed by atoms with Crippen molar-refractivity contribution in [3.05, 3.63) is 90.0 Å². The fourth-order valence-electron chi connectivity index (χ4n) is 4.80. The smallest absolute Gasteiger partial charge is 0.406 e. The summed E-state index contributed by atoms with van der Waals surface area (Å²) in [7, 11) is 0. The van der Waals surface area contributed by atoms with Crippen molar-refractivity contribution in [2.75, 3.05) is 17.2 Å². The van der Waals surface area contributed by atoms with E-state index in [-0.39, 0.29) is 23.5 Å². The molecule has 1 aliphatic rings. The van der Waals surface area contributed by atoms with Crippen LogP contribution in [-0.2, 0) is 6.42 Å². The third kappa shape index (κ3) is 7.76. The number of benzene rings is 3. The second kappa shape index (κ2) is 13.1. The minimum atomic E-state index is -4.76. The molecule has 1 fully saturated rings. The third-order valence-corrected chi connectivity index (χ3v) is 7.78. The first-order valence-electron chi connectivity index (χ1n) is 13.9. The standard InChI is InChI=1S/C31H30F4N6O2S/c1-19(2)26-17-23(32)8-13-27(26)40-14-15-44-30(40)38-29(42)37-20(3)16-21-4-6-22(7-5-21)28-36-18-41(39-28)24-9-11-25(12-10-24)43-31(33,34)35/h4-13,17-20H,14-16H2,1-3H3,(H,37,42). The first-order chi connectivity index (χ1) is 20.9. The summed E-state index contributed by atoms with van der Waals surface area (Å²) in [5, 5.41) is 7.95. The van der Waals surface area contributed by atoms with E-state index in [0.29, 0.717) is 29.6 Å². The van der Waals surface area contributed by atoms with Crippen molar-refractivity contribution in [2.45, 2.75) is 45.5 Å². The SMILES string of the molecule is CC(Cc1ccc(-c2ncn(-c3ccc(OC(F)(F)F)cc3)n2)cc1)NC(=O)N=C1SCCN1c1ccc(F)cc1C(C)C. The van der Waals surface area contributed by atoms with Crippen LogP contribution in [0.1, 0.15) is 37.8 Å². The molecule has 1 aromatic heterocycles. The van der Waals surface area contributed by atoms with E-state index in [1.165, 1.54) is 59.2 Å². The number of hydrogen-bond donors (Lipinski definition) is 1. The van der Waals surface area contributed by atoms with Crippen molar-refractivity contribution in [2.24, 2.45) is 4.99 Å². The molecule has 0 aliphatic carbocycles. The monoisotopic (exact) mass is 626 g/mol. The second-order valence-corrected chi connectivity index (χ2v) is 11.6. The van der Waals surface area contributed by atoms with Crippen LogP contribution in [-0.4, -0.2) is 50.7 Å². The summed E-state index contributed by atoms with van der Waals surface area (Å²) in [4.78, 5) is 23.4. The van der Waals surface area contributed by atoms with Gasteiger partial charge in [0.2, 0.25) is 0 Å². The first-order valence-corrected chi connectivity index (χ1v) is 14.9. The Labute approximate surface area is 256 Å². The molecule has 3 aromatic carbocycles. The van der Waals surface area contributed by atoms with E-state index in [2.05, 4.69) is 25.1 Å². The zero-order valence-corrected chi connectivity index (χ0v) is 25.0. The van der Waals surface area contributed by atoms with E-state index in [1.807, 2.05) is 49.9 Å². The molecule has 2 amide bonds. The van der Waals surface area contributed by atoms with Crippen molar-refractivity contribution in [1.29, 1.82) is 0 Å². The van der Waals surface area contributed by atoms with Gasteiger partial charge in [0.15, 0.2) is 11.0 Å². The molecule has 0 saturated carbocycles. The van der Waals surface area contributed by atoms with E-state index in [4.69, 9.17) is 0 Å². The van der Waals surface area contributed by atoms with Crippen molar-refractivity contribution in [1.82, 2.24) is 20.1 Å². The minimum absolute atomic E-state index is 0.113. The summed E-state index contributed by atoms with van der Waals surface area (Å²) < 4.78 is 56.5. The number of aromatic nitrogens is 3. The lowest BCUT2D eigenvalue weighted by Crippen LogP contribution is -2.34. The van der Waals surface area contributed by atoms with Crippen LogP contribution in [0.4, 0.5) is 28.0 Å². The Morgan fingerprint density at radius 2 is 1.80 bits per heavy atom. The number of rotatable bonds is 8. The van der Waals surface area contributed by atoms with Crippen LogP contribution < -0.4 is 15.0 Å². The summed E-state index contributed by atoms with van der Waals surface area (Å²) in [5.74, 6) is 0.728. The molecule has 8 nitrogen and oxygen atoms in total. The molecular formula is C31H30F4N6O2S. The minimum Gasteiger partial charge on any atom is -0.406 e. The van der Waals surface area contributed by atoms with Crippen LogP contribution in [0.3, 0.4) is 0 Å². The van der Waals surface area contributed by atoms with Gasteiger partial charge in [-0.15, -0.1) is 18.3 Å². The highest BCUT2D eigenvalue weighted by Gasteiger charge is 2.31. The maximum Gasteiger partial charge on any atom is 0.573 e. The van der Waals surface area contributed by atoms with Gasteiger partial charge in [0.1, 0.15) is 17.9 Å². The molecule has 5 rings (SSSR count). The summed E-state index contributed by atoms with van der Waals surface area (Å²) in [6.07, 6.45) is -2.71. The first kappa shape index (κ1) is 31.0. The summed E-state index contributed by atoms with van der Waals surface area (Å²) in [6, 6.07) is 17.0. The topological polar surface area (TPSA) is 84.6 Å². The van der Waals surface area contributed by atoms with E-state index >= 15 is 0 Å². The number of halogens is 4. The molecule has 1 N–H and O–H groups in total. The fourth-order valence-corrected chi connectivity index (χ4v) is 5.75. The molecule has 0 radical (unpaired) electrons. The van der Waals surface area contributed by atoms with Gasteiger partial charge in [-0.2, -0.15) is 4.99 Å². The van der Waals surface area contributed by atoms with Crippen molar-refractivity contribution in [3.63, 3.8) is 0 Å². The Kier molecular flexibility index (Phi) is 9.23. The lowest BCUT2D eigenvalue weighted by atomic mass is 10.0. The van der Waals surface area contributed by atoms with Crippen LogP contribution in [0.2, 0.25) is 0 Å². The van der Waals surface area contributed by atoms with Gasteiger partial charge in [-0.1, -0.05) is 49.9 Å². The molecule has 0 bridgehead atoms. The Bertz CT molecular complexity index is 1640. The number of anilines is 1. The zero-order valence-electron chi connectivity index (χ0n) is 24.2. The zero-order chi connectivity index (χ0) is 31.4. The van der Waals surface area contributed by atoms with Crippen LogP contribution in [0, 0.1) is 5.82 Å². The predicted octanol–water partition coefficient (Wildman–Crippen LogP) is 7.35. The van der Waals surface area contributed by atoms with Crippen molar-refractivity contribution >= 4 is 28.6 Å². The summed E-state index contributed by atoms with van der Waals surface area (Å²) in [5.41, 5.74) is 4.00. The van der Waals surface area contributed by atoms with Crippen molar-refractivity contribution in [3.8, 4) is 22.8 Å². The van der Waals surface area contributed by atoms with Crippen LogP contribution >= 0.6 is 11.8 Å². The normalized spacial score (nSPS) is 15.2. The van der Waals surface area contributed by atoms with E-state index in [0.717, 1.165) is 28.1 Å². The third-order valence-electron chi connectivity index (χ3n) is 6.83. The molecule has 2 heterocycles. The van der Waals surface area contributed by atoms with Crippen LogP contribution in [0.25, 0.3) is 17.1 Å². The van der Waals surface area contributed by atoms with Gasteiger partial charge in [0.05, 0.1) is 5.69 Å². The number of nitrogens with zero attached hydrogens (tertiary/aromatic N) is 5. The van der Waals surface area contributed by atoms with E-state index in [1.54, 1.807) is 6.07 Å². The largest absolute Gasteiger partial charge is 0.573 e. The van der Waals surface area contributed by atoms with E-state index < -0.39 is 12.4 Å². The summed E-state index contributed by atoms with van der Waals surface area (Å²) >= 11 is 1.49. The second-order valence-electron chi connectivity index (χ2n) is 10.6. The molecule has 4 aromatic rings. The highest BCUT2D eigenvalue weighted by molar-refractivity contribution is 8.14. The Morgan fingerprint density at radius 3 is 2.48 bits per heavy atom. The van der Waals surface area contributed by atoms with Gasteiger partial charge < -0.3 is 15.0 Å². The number of urea groups is 1. The molecule has 1 aliphatic heterocycles. The number of aliphatic imine (C=N–C) groups is 1. The van der Waals surface area contributed by atoms with Gasteiger partial charge >= 0.3 is 12.4 Å². The van der Waals surface area contributed by atoms with Crippen LogP contribution in [0.5, 0.6) is 5.75 Å². The maximum atomic E-state index is 13.9. The molecule has 0 spiro atoms. The molecule has 1 saturated heterocycles. The highest BCUT2D eigenvalue weighted by atomic mass is 32.2. The average Bonchev–Trinajstić information content (AvgIpc) is 3.63. The average molecular weight is 627 g/mol. The highest BCUT2D eigenvalue weighted by Crippen LogP contribution is 2.33. The van der Waals surface area contributed by atoms with Gasteiger partial charge in [0.25, 0.3) is 0 Å². The number of ether oxygens (including phenoxy) is 1. The molecule has 230 valence electrons. The fraction of sp³-hybridized carbons (Fsp3) is 0.290. The molecule has 13 heteroatoms. The number of nitrogens with one attached hydrogen (secondary N) is 1. The number of hydrogen-bond acceptors (Lipinski definition) is 5.